The number of rotatable bonds is 7. The van der Waals surface area contributed by atoms with Crippen LogP contribution in [0.1, 0.15) is 58.4 Å². The smallest absolute Gasteiger partial charge is 0.303 e. The lowest BCUT2D eigenvalue weighted by Gasteiger charge is -2.14. The average molecular weight is 306 g/mol. The van der Waals surface area contributed by atoms with Gasteiger partial charge in [0, 0.05) is 31.4 Å². The first-order valence-electron chi connectivity index (χ1n) is 7.97. The zero-order chi connectivity index (χ0) is 16.3. The van der Waals surface area contributed by atoms with Gasteiger partial charge in [-0.3, -0.25) is 4.79 Å². The monoisotopic (exact) mass is 306 g/mol. The molecular formula is C18H25FNO2+. The van der Waals surface area contributed by atoms with Crippen molar-refractivity contribution in [3.63, 3.8) is 0 Å². The van der Waals surface area contributed by atoms with Crippen LogP contribution in [0.5, 0.6) is 0 Å². The Morgan fingerprint density at radius 2 is 1.91 bits per heavy atom. The molecule has 1 heterocycles. The van der Waals surface area contributed by atoms with Crippen LogP contribution in [0.25, 0.3) is 0 Å². The first-order chi connectivity index (χ1) is 10.3. The first kappa shape index (κ1) is 16.7. The second-order valence-corrected chi connectivity index (χ2v) is 6.58. The van der Waals surface area contributed by atoms with Crippen molar-refractivity contribution in [3.05, 3.63) is 29.6 Å². The quantitative estimate of drug-likeness (QED) is 0.604. The van der Waals surface area contributed by atoms with Gasteiger partial charge in [0.1, 0.15) is 12.4 Å². The third-order valence-corrected chi connectivity index (χ3v) is 4.75. The number of unbranched alkanes of at least 4 members (excludes halogenated alkanes) is 3. The number of hydrogen-bond acceptors (Lipinski definition) is 1. The highest BCUT2D eigenvalue weighted by atomic mass is 19.1. The lowest BCUT2D eigenvalue weighted by molar-refractivity contribution is -0.439. The van der Waals surface area contributed by atoms with E-state index in [9.17, 15) is 9.18 Å². The number of carbonyl (C=O) groups is 1. The number of benzene rings is 1. The van der Waals surface area contributed by atoms with Gasteiger partial charge >= 0.3 is 5.97 Å². The van der Waals surface area contributed by atoms with Crippen LogP contribution >= 0.6 is 0 Å². The third kappa shape index (κ3) is 3.37. The van der Waals surface area contributed by atoms with Gasteiger partial charge in [0.15, 0.2) is 5.71 Å². The summed E-state index contributed by atoms with van der Waals surface area (Å²) >= 11 is 0. The molecule has 0 fully saturated rings. The Morgan fingerprint density at radius 3 is 2.59 bits per heavy atom. The summed E-state index contributed by atoms with van der Waals surface area (Å²) in [6.45, 7) is 7.28. The summed E-state index contributed by atoms with van der Waals surface area (Å²) in [6, 6.07) is 5.03. The highest BCUT2D eigenvalue weighted by molar-refractivity contribution is 5.93. The first-order valence-corrected chi connectivity index (χ1v) is 7.97. The van der Waals surface area contributed by atoms with Crippen molar-refractivity contribution >= 4 is 17.4 Å². The summed E-state index contributed by atoms with van der Waals surface area (Å²) in [5, 5.41) is 8.62. The van der Waals surface area contributed by atoms with Crippen molar-refractivity contribution in [2.24, 2.45) is 0 Å². The van der Waals surface area contributed by atoms with E-state index in [1.807, 2.05) is 6.07 Å². The van der Waals surface area contributed by atoms with E-state index in [2.05, 4.69) is 25.3 Å². The van der Waals surface area contributed by atoms with E-state index >= 15 is 0 Å². The van der Waals surface area contributed by atoms with E-state index in [1.165, 1.54) is 11.8 Å². The Morgan fingerprint density at radius 1 is 1.23 bits per heavy atom. The van der Waals surface area contributed by atoms with Crippen LogP contribution < -0.4 is 0 Å². The van der Waals surface area contributed by atoms with Gasteiger partial charge in [-0.2, -0.15) is 4.58 Å². The van der Waals surface area contributed by atoms with Crippen LogP contribution in [-0.4, -0.2) is 27.9 Å². The maximum atomic E-state index is 13.5. The number of carboxylic acid groups (broad SMARTS) is 1. The number of hydrogen-bond donors (Lipinski definition) is 1. The zero-order valence-corrected chi connectivity index (χ0v) is 13.7. The average Bonchev–Trinajstić information content (AvgIpc) is 2.63. The normalized spacial score (nSPS) is 16.0. The largest absolute Gasteiger partial charge is 0.481 e. The maximum absolute atomic E-state index is 13.5. The highest BCUT2D eigenvalue weighted by Crippen LogP contribution is 2.39. The summed E-state index contributed by atoms with van der Waals surface area (Å²) in [4.78, 5) is 10.5. The summed E-state index contributed by atoms with van der Waals surface area (Å²) in [5.41, 5.74) is 3.27. The standard InChI is InChI=1S/C18H24FNO2/c1-13-18(2,3)15-12-14(19)9-10-16(15)20(13)11-7-5-4-6-8-17(21)22/h9-10,12H,4-8,11H2,1-3H3/p+1. The fourth-order valence-corrected chi connectivity index (χ4v) is 3.15. The Balaban J connectivity index is 1.99. The Hall–Kier alpha value is -1.71. The van der Waals surface area contributed by atoms with Crippen LogP contribution in [0.3, 0.4) is 0 Å². The van der Waals surface area contributed by atoms with Crippen molar-refractivity contribution in [1.29, 1.82) is 0 Å². The fourth-order valence-electron chi connectivity index (χ4n) is 3.15. The Labute approximate surface area is 131 Å². The molecule has 1 N–H and O–H groups in total. The molecule has 1 aromatic rings. The molecule has 0 amide bonds. The molecule has 1 aliphatic heterocycles. The van der Waals surface area contributed by atoms with E-state index in [0.29, 0.717) is 0 Å². The van der Waals surface area contributed by atoms with Gasteiger partial charge in [0.05, 0.1) is 5.41 Å². The molecule has 0 aromatic heterocycles. The lowest BCUT2D eigenvalue weighted by atomic mass is 9.82. The molecule has 1 aromatic carbocycles. The van der Waals surface area contributed by atoms with Crippen molar-refractivity contribution in [2.45, 2.75) is 58.3 Å². The minimum Gasteiger partial charge on any atom is -0.481 e. The minimum atomic E-state index is -0.721. The topological polar surface area (TPSA) is 40.3 Å². The number of carboxylic acids is 1. The van der Waals surface area contributed by atoms with Crippen LogP contribution in [0.2, 0.25) is 0 Å². The van der Waals surface area contributed by atoms with Gasteiger partial charge in [-0.1, -0.05) is 6.42 Å². The maximum Gasteiger partial charge on any atom is 0.303 e. The Bertz CT molecular complexity index is 605. The van der Waals surface area contributed by atoms with Gasteiger partial charge in [-0.15, -0.1) is 0 Å². The summed E-state index contributed by atoms with van der Waals surface area (Å²) in [5.74, 6) is -0.906. The fraction of sp³-hybridized carbons (Fsp3) is 0.556. The molecule has 0 saturated heterocycles. The predicted molar refractivity (Wildman–Crippen MR) is 85.6 cm³/mol. The molecular weight excluding hydrogens is 281 g/mol. The Kier molecular flexibility index (Phi) is 4.99. The molecule has 0 aliphatic carbocycles. The number of aliphatic carboxylic acids is 1. The van der Waals surface area contributed by atoms with Crippen molar-refractivity contribution in [1.82, 2.24) is 0 Å². The van der Waals surface area contributed by atoms with Gasteiger partial charge < -0.3 is 5.11 Å². The van der Waals surface area contributed by atoms with E-state index in [0.717, 1.165) is 43.5 Å². The molecule has 120 valence electrons. The minimum absolute atomic E-state index is 0.138. The molecule has 0 unspecified atom stereocenters. The molecule has 0 saturated carbocycles. The van der Waals surface area contributed by atoms with Gasteiger partial charge in [-0.05, 0) is 38.8 Å². The summed E-state index contributed by atoms with van der Waals surface area (Å²) in [6.07, 6.45) is 3.98. The van der Waals surface area contributed by atoms with Gasteiger partial charge in [0.25, 0.3) is 0 Å². The number of nitrogens with zero attached hydrogens (tertiary/aromatic N) is 1. The van der Waals surface area contributed by atoms with Crippen LogP contribution in [0.15, 0.2) is 18.2 Å². The van der Waals surface area contributed by atoms with E-state index in [1.54, 1.807) is 6.07 Å². The van der Waals surface area contributed by atoms with Crippen LogP contribution in [-0.2, 0) is 10.2 Å². The van der Waals surface area contributed by atoms with Crippen LogP contribution in [0.4, 0.5) is 10.1 Å². The molecule has 0 radical (unpaired) electrons. The molecule has 22 heavy (non-hydrogen) atoms. The second-order valence-electron chi connectivity index (χ2n) is 6.58. The molecule has 0 spiro atoms. The third-order valence-electron chi connectivity index (χ3n) is 4.75. The van der Waals surface area contributed by atoms with Crippen molar-refractivity contribution < 1.29 is 18.9 Å². The number of halogens is 1. The second kappa shape index (κ2) is 6.59. The lowest BCUT2D eigenvalue weighted by Crippen LogP contribution is -2.26. The van der Waals surface area contributed by atoms with Crippen LogP contribution in [0, 0.1) is 5.82 Å². The molecule has 0 atom stereocenters. The molecule has 2 rings (SSSR count). The molecule has 0 bridgehead atoms. The van der Waals surface area contributed by atoms with E-state index in [4.69, 9.17) is 5.11 Å². The SMILES string of the molecule is CC1=[N+](CCCCCCC(=O)O)c2ccc(F)cc2C1(C)C. The van der Waals surface area contributed by atoms with Gasteiger partial charge in [0.2, 0.25) is 5.69 Å². The zero-order valence-electron chi connectivity index (χ0n) is 13.7. The highest BCUT2D eigenvalue weighted by Gasteiger charge is 2.42. The van der Waals surface area contributed by atoms with E-state index < -0.39 is 5.97 Å². The summed E-state index contributed by atoms with van der Waals surface area (Å²) < 4.78 is 15.8. The summed E-state index contributed by atoms with van der Waals surface area (Å²) in [7, 11) is 0. The molecule has 1 aliphatic rings. The predicted octanol–water partition coefficient (Wildman–Crippen LogP) is 4.26. The van der Waals surface area contributed by atoms with Crippen molar-refractivity contribution in [2.75, 3.05) is 6.54 Å². The number of fused-ring (bicyclic) bond motifs is 1. The van der Waals surface area contributed by atoms with E-state index in [-0.39, 0.29) is 17.7 Å². The van der Waals surface area contributed by atoms with Gasteiger partial charge in [-0.25, -0.2) is 4.39 Å². The van der Waals surface area contributed by atoms with Crippen molar-refractivity contribution in [3.8, 4) is 0 Å². The molecule has 3 nitrogen and oxygen atoms in total. The molecule has 4 heteroatoms.